The second kappa shape index (κ2) is 3.04. The van der Waals surface area contributed by atoms with Crippen molar-refractivity contribution in [3.63, 3.8) is 0 Å². The predicted octanol–water partition coefficient (Wildman–Crippen LogP) is 0.937. The second-order valence-corrected chi connectivity index (χ2v) is 3.42. The van der Waals surface area contributed by atoms with E-state index in [1.165, 1.54) is 12.4 Å². The van der Waals surface area contributed by atoms with Crippen molar-refractivity contribution < 1.29 is 13.6 Å². The molecule has 1 aromatic rings. The summed E-state index contributed by atoms with van der Waals surface area (Å²) in [5, 5.41) is 8.56. The summed E-state index contributed by atoms with van der Waals surface area (Å²) in [5.74, 6) is -2.96. The number of nitrogens with one attached hydrogen (secondary N) is 2. The second-order valence-electron chi connectivity index (χ2n) is 3.42. The molecule has 0 bridgehead atoms. The van der Waals surface area contributed by atoms with Gasteiger partial charge in [0.25, 0.3) is 11.8 Å². The number of aromatic amines is 1. The molecule has 14 heavy (non-hydrogen) atoms. The number of aromatic nitrogens is 2. The van der Waals surface area contributed by atoms with Crippen LogP contribution in [0.5, 0.6) is 0 Å². The summed E-state index contributed by atoms with van der Waals surface area (Å²) in [4.78, 5) is 11.3. The van der Waals surface area contributed by atoms with E-state index in [1.54, 1.807) is 0 Å². The van der Waals surface area contributed by atoms with Crippen LogP contribution in [-0.2, 0) is 0 Å². The summed E-state index contributed by atoms with van der Waals surface area (Å²) < 4.78 is 24.8. The highest BCUT2D eigenvalue weighted by Crippen LogP contribution is 2.37. The van der Waals surface area contributed by atoms with E-state index in [1.807, 2.05) is 0 Å². The van der Waals surface area contributed by atoms with Crippen molar-refractivity contribution in [3.05, 3.63) is 18.0 Å². The van der Waals surface area contributed by atoms with Crippen LogP contribution in [-0.4, -0.2) is 28.1 Å². The van der Waals surface area contributed by atoms with Gasteiger partial charge in [-0.05, 0) is 0 Å². The van der Waals surface area contributed by atoms with Gasteiger partial charge in [-0.15, -0.1) is 0 Å². The Balaban J connectivity index is 1.86. The lowest BCUT2D eigenvalue weighted by Crippen LogP contribution is -2.50. The molecule has 0 unspecified atom stereocenters. The van der Waals surface area contributed by atoms with Gasteiger partial charge in [-0.2, -0.15) is 5.10 Å². The summed E-state index contributed by atoms with van der Waals surface area (Å²) in [6, 6.07) is -0.410. The fraction of sp³-hybridized carbons (Fsp3) is 0.500. The summed E-state index contributed by atoms with van der Waals surface area (Å²) in [7, 11) is 0. The quantitative estimate of drug-likeness (QED) is 0.748. The monoisotopic (exact) mass is 201 g/mol. The number of carbonyl (C=O) groups is 1. The number of halogens is 2. The summed E-state index contributed by atoms with van der Waals surface area (Å²) in [6.45, 7) is 0. The molecule has 1 saturated carbocycles. The molecule has 1 aliphatic rings. The Morgan fingerprint density at radius 3 is 2.86 bits per heavy atom. The van der Waals surface area contributed by atoms with Gasteiger partial charge >= 0.3 is 0 Å². The molecule has 2 N–H and O–H groups in total. The SMILES string of the molecule is O=C(NC1CC(F)(F)C1)c1cn[nH]c1. The van der Waals surface area contributed by atoms with Gasteiger partial charge in [-0.3, -0.25) is 9.89 Å². The van der Waals surface area contributed by atoms with Crippen LogP contribution in [0.15, 0.2) is 12.4 Å². The Morgan fingerprint density at radius 1 is 1.64 bits per heavy atom. The Kier molecular flexibility index (Phi) is 1.98. The Bertz CT molecular complexity index is 328. The lowest BCUT2D eigenvalue weighted by molar-refractivity contribution is -0.0901. The van der Waals surface area contributed by atoms with Crippen molar-refractivity contribution in [2.24, 2.45) is 0 Å². The van der Waals surface area contributed by atoms with E-state index < -0.39 is 12.0 Å². The number of rotatable bonds is 2. The van der Waals surface area contributed by atoms with Crippen LogP contribution < -0.4 is 5.32 Å². The molecule has 1 heterocycles. The fourth-order valence-corrected chi connectivity index (χ4v) is 1.41. The first-order chi connectivity index (χ1) is 6.57. The maximum absolute atomic E-state index is 12.4. The van der Waals surface area contributed by atoms with Gasteiger partial charge in [0, 0.05) is 25.1 Å². The number of H-pyrrole nitrogens is 1. The van der Waals surface area contributed by atoms with Crippen LogP contribution in [0.4, 0.5) is 8.78 Å². The van der Waals surface area contributed by atoms with Gasteiger partial charge in [0.2, 0.25) is 0 Å². The first-order valence-corrected chi connectivity index (χ1v) is 4.24. The average molecular weight is 201 g/mol. The summed E-state index contributed by atoms with van der Waals surface area (Å²) in [6.07, 6.45) is 2.24. The lowest BCUT2D eigenvalue weighted by Gasteiger charge is -2.35. The van der Waals surface area contributed by atoms with Crippen LogP contribution in [0.3, 0.4) is 0 Å². The molecule has 2 rings (SSSR count). The molecule has 76 valence electrons. The maximum atomic E-state index is 12.4. The van der Waals surface area contributed by atoms with E-state index in [0.29, 0.717) is 5.56 Å². The van der Waals surface area contributed by atoms with Crippen LogP contribution in [0.1, 0.15) is 23.2 Å². The third kappa shape index (κ3) is 1.73. The van der Waals surface area contributed by atoms with Crippen LogP contribution >= 0.6 is 0 Å². The van der Waals surface area contributed by atoms with E-state index in [4.69, 9.17) is 0 Å². The van der Waals surface area contributed by atoms with Gasteiger partial charge in [0.05, 0.1) is 11.8 Å². The van der Waals surface area contributed by atoms with Crippen LogP contribution in [0.2, 0.25) is 0 Å². The van der Waals surface area contributed by atoms with E-state index in [0.717, 1.165) is 0 Å². The minimum Gasteiger partial charge on any atom is -0.349 e. The highest BCUT2D eigenvalue weighted by Gasteiger charge is 2.45. The van der Waals surface area contributed by atoms with Gasteiger partial charge in [0.15, 0.2) is 0 Å². The molecule has 1 aromatic heterocycles. The highest BCUT2D eigenvalue weighted by atomic mass is 19.3. The minimum atomic E-state index is -2.60. The molecule has 1 amide bonds. The van der Waals surface area contributed by atoms with Crippen molar-refractivity contribution in [1.82, 2.24) is 15.5 Å². The van der Waals surface area contributed by atoms with Crippen LogP contribution in [0, 0.1) is 0 Å². The third-order valence-electron chi connectivity index (χ3n) is 2.19. The highest BCUT2D eigenvalue weighted by molar-refractivity contribution is 5.93. The molecular formula is C8H9F2N3O. The number of hydrogen-bond acceptors (Lipinski definition) is 2. The molecular weight excluding hydrogens is 192 g/mol. The number of alkyl halides is 2. The van der Waals surface area contributed by atoms with Gasteiger partial charge in [-0.25, -0.2) is 8.78 Å². The summed E-state index contributed by atoms with van der Waals surface area (Å²) >= 11 is 0. The van der Waals surface area contributed by atoms with Crippen molar-refractivity contribution in [3.8, 4) is 0 Å². The normalized spacial score (nSPS) is 20.1. The molecule has 1 aliphatic carbocycles. The molecule has 0 spiro atoms. The van der Waals surface area contributed by atoms with E-state index in [9.17, 15) is 13.6 Å². The molecule has 0 aromatic carbocycles. The van der Waals surface area contributed by atoms with Crippen molar-refractivity contribution in [2.75, 3.05) is 0 Å². The Labute approximate surface area is 78.7 Å². The molecule has 4 nitrogen and oxygen atoms in total. The first-order valence-electron chi connectivity index (χ1n) is 4.24. The van der Waals surface area contributed by atoms with Gasteiger partial charge < -0.3 is 5.32 Å². The van der Waals surface area contributed by atoms with Crippen molar-refractivity contribution in [1.29, 1.82) is 0 Å². The molecule has 0 radical (unpaired) electrons. The van der Waals surface area contributed by atoms with E-state index in [-0.39, 0.29) is 18.7 Å². The third-order valence-corrected chi connectivity index (χ3v) is 2.19. The number of carbonyl (C=O) groups excluding carboxylic acids is 1. The number of hydrogen-bond donors (Lipinski definition) is 2. The molecule has 1 fully saturated rings. The van der Waals surface area contributed by atoms with E-state index in [2.05, 4.69) is 15.5 Å². The van der Waals surface area contributed by atoms with Gasteiger partial charge in [0.1, 0.15) is 0 Å². The zero-order valence-electron chi connectivity index (χ0n) is 7.26. The standard InChI is InChI=1S/C8H9F2N3O/c9-8(10)1-6(2-8)13-7(14)5-3-11-12-4-5/h3-4,6H,1-2H2,(H,11,12)(H,13,14). The average Bonchev–Trinajstić information content (AvgIpc) is 2.51. The molecule has 6 heteroatoms. The Hall–Kier alpha value is -1.46. The molecule has 0 saturated heterocycles. The number of amides is 1. The van der Waals surface area contributed by atoms with E-state index >= 15 is 0 Å². The largest absolute Gasteiger partial charge is 0.349 e. The molecule has 0 atom stereocenters. The smallest absolute Gasteiger partial charge is 0.254 e. The topological polar surface area (TPSA) is 57.8 Å². The zero-order valence-corrected chi connectivity index (χ0v) is 7.26. The predicted molar refractivity (Wildman–Crippen MR) is 44.0 cm³/mol. The number of nitrogens with zero attached hydrogens (tertiary/aromatic N) is 1. The first kappa shape index (κ1) is 9.11. The lowest BCUT2D eigenvalue weighted by atomic mass is 9.88. The molecule has 0 aliphatic heterocycles. The minimum absolute atomic E-state index is 0.267. The maximum Gasteiger partial charge on any atom is 0.254 e. The van der Waals surface area contributed by atoms with Gasteiger partial charge in [-0.1, -0.05) is 0 Å². The zero-order chi connectivity index (χ0) is 10.2. The Morgan fingerprint density at radius 2 is 2.36 bits per heavy atom. The fourth-order valence-electron chi connectivity index (χ4n) is 1.41. The van der Waals surface area contributed by atoms with Crippen molar-refractivity contribution in [2.45, 2.75) is 24.8 Å². The van der Waals surface area contributed by atoms with Crippen molar-refractivity contribution >= 4 is 5.91 Å². The summed E-state index contributed by atoms with van der Waals surface area (Å²) in [5.41, 5.74) is 0.361. The van der Waals surface area contributed by atoms with Crippen LogP contribution in [0.25, 0.3) is 0 Å².